The molecule has 2 N–H and O–H groups in total. The summed E-state index contributed by atoms with van der Waals surface area (Å²) in [4.78, 5) is 28.7. The van der Waals surface area contributed by atoms with E-state index >= 15 is 0 Å². The maximum Gasteiger partial charge on any atom is 0.337 e. The summed E-state index contributed by atoms with van der Waals surface area (Å²) in [6, 6.07) is 11.8. The van der Waals surface area contributed by atoms with Gasteiger partial charge in [0.25, 0.3) is 0 Å². The predicted octanol–water partition coefficient (Wildman–Crippen LogP) is 4.71. The molecule has 2 amide bonds. The van der Waals surface area contributed by atoms with Crippen LogP contribution in [0.5, 0.6) is 5.75 Å². The average Bonchev–Trinajstić information content (AvgIpc) is 3.24. The topological polar surface area (TPSA) is 83.7 Å². The minimum absolute atomic E-state index is 0.0936. The third kappa shape index (κ3) is 5.48. The second kappa shape index (κ2) is 10.9. The van der Waals surface area contributed by atoms with E-state index in [0.29, 0.717) is 17.9 Å². The number of hydrogen-bond donors (Lipinski definition) is 2. The molecule has 0 aliphatic heterocycles. The Balaban J connectivity index is 1.95. The van der Waals surface area contributed by atoms with Gasteiger partial charge in [-0.3, -0.25) is 0 Å². The fourth-order valence-corrected chi connectivity index (χ4v) is 4.12. The van der Waals surface area contributed by atoms with Crippen LogP contribution in [0.4, 0.5) is 4.79 Å². The van der Waals surface area contributed by atoms with Gasteiger partial charge >= 0.3 is 12.0 Å². The quantitative estimate of drug-likeness (QED) is 0.462. The zero-order valence-electron chi connectivity index (χ0n) is 20.0. The lowest BCUT2D eigenvalue weighted by Crippen LogP contribution is -2.35. The first kappa shape index (κ1) is 24.2. The molecule has 33 heavy (non-hydrogen) atoms. The zero-order chi connectivity index (χ0) is 24.0. The summed E-state index contributed by atoms with van der Waals surface area (Å²) in [5, 5.41) is 4.07. The molecule has 0 aliphatic carbocycles. The highest BCUT2D eigenvalue weighted by atomic mass is 16.5. The standard InChI is InChI=1S/C26H33N3O4/c1-6-7-19(20-10-9-18(25(30)33-5)15-24(20)32-4)22-16-28-23-11-8-17(14-21(22)23)12-13-27-26(31)29(2)3/h8-11,14-16,19,28H,6-7,12-13H2,1-5H3,(H,27,31). The monoisotopic (exact) mass is 451 g/mol. The Bertz CT molecular complexity index is 1120. The number of rotatable bonds is 9. The highest BCUT2D eigenvalue weighted by Crippen LogP contribution is 2.39. The van der Waals surface area contributed by atoms with Crippen LogP contribution in [0.3, 0.4) is 0 Å². The lowest BCUT2D eigenvalue weighted by molar-refractivity contribution is 0.0600. The molecule has 7 heteroatoms. The van der Waals surface area contributed by atoms with Gasteiger partial charge in [0.2, 0.25) is 0 Å². The lowest BCUT2D eigenvalue weighted by Gasteiger charge is -2.20. The molecule has 1 aromatic heterocycles. The predicted molar refractivity (Wildman–Crippen MR) is 130 cm³/mol. The van der Waals surface area contributed by atoms with Gasteiger partial charge in [0.1, 0.15) is 5.75 Å². The first-order valence-electron chi connectivity index (χ1n) is 11.2. The highest BCUT2D eigenvalue weighted by Gasteiger charge is 2.22. The molecule has 0 saturated heterocycles. The van der Waals surface area contributed by atoms with Crippen molar-refractivity contribution in [1.29, 1.82) is 0 Å². The Hall–Kier alpha value is -3.48. The summed E-state index contributed by atoms with van der Waals surface area (Å²) < 4.78 is 10.5. The summed E-state index contributed by atoms with van der Waals surface area (Å²) in [5.41, 5.74) is 4.92. The number of H-pyrrole nitrogens is 1. The van der Waals surface area contributed by atoms with Gasteiger partial charge in [-0.2, -0.15) is 0 Å². The lowest BCUT2D eigenvalue weighted by atomic mass is 9.86. The summed E-state index contributed by atoms with van der Waals surface area (Å²) in [5.74, 6) is 0.396. The van der Waals surface area contributed by atoms with E-state index in [-0.39, 0.29) is 17.9 Å². The largest absolute Gasteiger partial charge is 0.496 e. The van der Waals surface area contributed by atoms with Gasteiger partial charge in [-0.25, -0.2) is 9.59 Å². The van der Waals surface area contributed by atoms with Crippen LogP contribution in [0.1, 0.15) is 52.7 Å². The number of nitrogens with one attached hydrogen (secondary N) is 2. The number of aromatic nitrogens is 1. The van der Waals surface area contributed by atoms with E-state index in [1.165, 1.54) is 17.6 Å². The number of hydrogen-bond acceptors (Lipinski definition) is 4. The van der Waals surface area contributed by atoms with Gasteiger partial charge in [0, 0.05) is 49.2 Å². The summed E-state index contributed by atoms with van der Waals surface area (Å²) in [6.45, 7) is 2.74. The van der Waals surface area contributed by atoms with Crippen LogP contribution in [-0.4, -0.2) is 56.7 Å². The molecule has 3 aromatic rings. The number of esters is 1. The average molecular weight is 452 g/mol. The van der Waals surface area contributed by atoms with Crippen molar-refractivity contribution in [3.05, 3.63) is 64.8 Å². The number of nitrogens with zero attached hydrogens (tertiary/aromatic N) is 1. The second-order valence-electron chi connectivity index (χ2n) is 8.29. The van der Waals surface area contributed by atoms with Crippen LogP contribution < -0.4 is 10.1 Å². The van der Waals surface area contributed by atoms with Crippen molar-refractivity contribution in [3.8, 4) is 5.75 Å². The third-order valence-corrected chi connectivity index (χ3v) is 5.86. The minimum Gasteiger partial charge on any atom is -0.496 e. The number of fused-ring (bicyclic) bond motifs is 1. The van der Waals surface area contributed by atoms with Gasteiger partial charge < -0.3 is 24.7 Å². The maximum atomic E-state index is 12.0. The van der Waals surface area contributed by atoms with Crippen molar-refractivity contribution in [1.82, 2.24) is 15.2 Å². The van der Waals surface area contributed by atoms with Crippen LogP contribution in [0.2, 0.25) is 0 Å². The van der Waals surface area contributed by atoms with Crippen molar-refractivity contribution in [3.63, 3.8) is 0 Å². The summed E-state index contributed by atoms with van der Waals surface area (Å²) in [7, 11) is 6.46. The Morgan fingerprint density at radius 3 is 2.55 bits per heavy atom. The van der Waals surface area contributed by atoms with Gasteiger partial charge in [-0.15, -0.1) is 0 Å². The third-order valence-electron chi connectivity index (χ3n) is 5.86. The Labute approximate surface area is 195 Å². The number of urea groups is 1. The first-order chi connectivity index (χ1) is 15.9. The number of carbonyl (C=O) groups excluding carboxylic acids is 2. The van der Waals surface area contributed by atoms with E-state index in [2.05, 4.69) is 41.6 Å². The fraction of sp³-hybridized carbons (Fsp3) is 0.385. The smallest absolute Gasteiger partial charge is 0.337 e. The SMILES string of the molecule is CCCC(c1ccc(C(=O)OC)cc1OC)c1c[nH]c2ccc(CCNC(=O)N(C)C)cc12. The van der Waals surface area contributed by atoms with E-state index in [1.54, 1.807) is 33.3 Å². The Morgan fingerprint density at radius 1 is 1.09 bits per heavy atom. The van der Waals surface area contributed by atoms with Gasteiger partial charge in [-0.1, -0.05) is 25.5 Å². The number of amides is 2. The van der Waals surface area contributed by atoms with Crippen LogP contribution in [-0.2, 0) is 11.2 Å². The van der Waals surface area contributed by atoms with Crippen LogP contribution >= 0.6 is 0 Å². The summed E-state index contributed by atoms with van der Waals surface area (Å²) in [6.07, 6.45) is 4.74. The molecular formula is C26H33N3O4. The van der Waals surface area contributed by atoms with Crippen molar-refractivity contribution in [2.75, 3.05) is 34.9 Å². The molecule has 0 aliphatic rings. The van der Waals surface area contributed by atoms with E-state index < -0.39 is 0 Å². The summed E-state index contributed by atoms with van der Waals surface area (Å²) >= 11 is 0. The molecular weight excluding hydrogens is 418 g/mol. The molecule has 1 unspecified atom stereocenters. The normalized spacial score (nSPS) is 11.8. The molecule has 1 heterocycles. The number of carbonyl (C=O) groups is 2. The molecule has 0 radical (unpaired) electrons. The molecule has 0 spiro atoms. The molecule has 2 aromatic carbocycles. The van der Waals surface area contributed by atoms with Gasteiger partial charge in [0.15, 0.2) is 0 Å². The van der Waals surface area contributed by atoms with E-state index in [9.17, 15) is 9.59 Å². The molecule has 176 valence electrons. The number of methoxy groups -OCH3 is 2. The fourth-order valence-electron chi connectivity index (χ4n) is 4.12. The van der Waals surface area contributed by atoms with Crippen LogP contribution in [0.25, 0.3) is 10.9 Å². The van der Waals surface area contributed by atoms with Crippen LogP contribution in [0.15, 0.2) is 42.6 Å². The van der Waals surface area contributed by atoms with Crippen LogP contribution in [0, 0.1) is 0 Å². The number of ether oxygens (including phenoxy) is 2. The Kier molecular flexibility index (Phi) is 7.98. The molecule has 1 atom stereocenters. The van der Waals surface area contributed by atoms with Crippen molar-refractivity contribution in [2.45, 2.75) is 32.1 Å². The van der Waals surface area contributed by atoms with E-state index in [1.807, 2.05) is 6.07 Å². The molecule has 3 rings (SSSR count). The number of benzene rings is 2. The van der Waals surface area contributed by atoms with Gasteiger partial charge in [-0.05, 0) is 48.2 Å². The molecule has 0 saturated carbocycles. The van der Waals surface area contributed by atoms with Crippen molar-refractivity contribution >= 4 is 22.9 Å². The second-order valence-corrected chi connectivity index (χ2v) is 8.29. The first-order valence-corrected chi connectivity index (χ1v) is 11.2. The molecule has 7 nitrogen and oxygen atoms in total. The van der Waals surface area contributed by atoms with Crippen molar-refractivity contribution < 1.29 is 19.1 Å². The van der Waals surface area contributed by atoms with Gasteiger partial charge in [0.05, 0.1) is 19.8 Å². The van der Waals surface area contributed by atoms with E-state index in [0.717, 1.165) is 41.3 Å². The van der Waals surface area contributed by atoms with Crippen molar-refractivity contribution in [2.24, 2.45) is 0 Å². The molecule has 0 fully saturated rings. The number of aromatic amines is 1. The van der Waals surface area contributed by atoms with E-state index in [4.69, 9.17) is 9.47 Å². The Morgan fingerprint density at radius 2 is 1.88 bits per heavy atom. The maximum absolute atomic E-state index is 12.0. The zero-order valence-corrected chi connectivity index (χ0v) is 20.0. The molecule has 0 bridgehead atoms. The minimum atomic E-state index is -0.384. The highest BCUT2D eigenvalue weighted by molar-refractivity contribution is 5.90.